The smallest absolute Gasteiger partial charge is 0.0469 e. The molecular formula is C14H28N2O. The van der Waals surface area contributed by atoms with Crippen LogP contribution in [0.5, 0.6) is 0 Å². The van der Waals surface area contributed by atoms with Gasteiger partial charge in [0.1, 0.15) is 0 Å². The Hall–Kier alpha value is -0.120. The molecule has 1 saturated heterocycles. The molecule has 0 bridgehead atoms. The van der Waals surface area contributed by atoms with E-state index in [-0.39, 0.29) is 0 Å². The Bertz CT molecular complexity index is 198. The van der Waals surface area contributed by atoms with Gasteiger partial charge in [-0.05, 0) is 38.6 Å². The summed E-state index contributed by atoms with van der Waals surface area (Å²) in [6, 6.07) is 0.812. The van der Waals surface area contributed by atoms with Crippen LogP contribution in [-0.4, -0.2) is 50.8 Å². The lowest BCUT2D eigenvalue weighted by molar-refractivity contribution is 0.0558. The highest BCUT2D eigenvalue weighted by Crippen LogP contribution is 2.17. The monoisotopic (exact) mass is 240 g/mol. The topological polar surface area (TPSA) is 24.5 Å². The number of nitrogens with zero attached hydrogens (tertiary/aromatic N) is 1. The molecule has 0 aromatic rings. The molecule has 0 amide bonds. The molecule has 17 heavy (non-hydrogen) atoms. The third-order valence-electron chi connectivity index (χ3n) is 4.19. The first-order valence-electron chi connectivity index (χ1n) is 7.34. The molecule has 3 nitrogen and oxygen atoms in total. The maximum atomic E-state index is 5.40. The maximum Gasteiger partial charge on any atom is 0.0469 e. The van der Waals surface area contributed by atoms with Gasteiger partial charge in [-0.15, -0.1) is 0 Å². The molecular weight excluding hydrogens is 212 g/mol. The lowest BCUT2D eigenvalue weighted by atomic mass is 10.00. The van der Waals surface area contributed by atoms with E-state index in [2.05, 4.69) is 17.3 Å². The zero-order valence-corrected chi connectivity index (χ0v) is 11.3. The second-order valence-electron chi connectivity index (χ2n) is 5.75. The van der Waals surface area contributed by atoms with Crippen LogP contribution < -0.4 is 5.32 Å². The van der Waals surface area contributed by atoms with Crippen molar-refractivity contribution in [2.45, 2.75) is 44.6 Å². The van der Waals surface area contributed by atoms with Gasteiger partial charge in [0.2, 0.25) is 0 Å². The Morgan fingerprint density at radius 3 is 2.53 bits per heavy atom. The van der Waals surface area contributed by atoms with Crippen molar-refractivity contribution < 1.29 is 4.74 Å². The van der Waals surface area contributed by atoms with Crippen molar-refractivity contribution in [3.63, 3.8) is 0 Å². The molecule has 0 aromatic carbocycles. The van der Waals surface area contributed by atoms with E-state index in [4.69, 9.17) is 4.74 Å². The van der Waals surface area contributed by atoms with E-state index in [1.54, 1.807) is 0 Å². The minimum absolute atomic E-state index is 0.812. The van der Waals surface area contributed by atoms with E-state index in [1.165, 1.54) is 51.6 Å². The molecule has 1 saturated carbocycles. The number of rotatable bonds is 6. The maximum absolute atomic E-state index is 5.40. The van der Waals surface area contributed by atoms with Gasteiger partial charge in [0.15, 0.2) is 0 Å². The third-order valence-corrected chi connectivity index (χ3v) is 4.19. The van der Waals surface area contributed by atoms with E-state index in [0.29, 0.717) is 0 Å². The number of hydrogen-bond acceptors (Lipinski definition) is 3. The third kappa shape index (κ3) is 4.94. The van der Waals surface area contributed by atoms with Crippen LogP contribution in [0.3, 0.4) is 0 Å². The molecule has 1 aliphatic carbocycles. The molecule has 1 heterocycles. The van der Waals surface area contributed by atoms with E-state index in [9.17, 15) is 0 Å². The van der Waals surface area contributed by atoms with E-state index < -0.39 is 0 Å². The molecule has 0 unspecified atom stereocenters. The highest BCUT2D eigenvalue weighted by atomic mass is 16.5. The Morgan fingerprint density at radius 1 is 1.12 bits per heavy atom. The van der Waals surface area contributed by atoms with Crippen LogP contribution in [0.4, 0.5) is 0 Å². The van der Waals surface area contributed by atoms with Crippen molar-refractivity contribution in [1.29, 1.82) is 0 Å². The Morgan fingerprint density at radius 2 is 1.82 bits per heavy atom. The standard InChI is InChI=1S/C14H28N2O/c1-16(12-13-6-10-17-11-7-13)9-8-15-14-4-2-3-5-14/h13-15H,2-12H2,1H3. The van der Waals surface area contributed by atoms with Crippen LogP contribution in [-0.2, 0) is 4.74 Å². The highest BCUT2D eigenvalue weighted by Gasteiger charge is 2.16. The summed E-state index contributed by atoms with van der Waals surface area (Å²) in [7, 11) is 2.26. The first-order chi connectivity index (χ1) is 8.34. The lowest BCUT2D eigenvalue weighted by Crippen LogP contribution is -2.37. The van der Waals surface area contributed by atoms with Crippen LogP contribution in [0, 0.1) is 5.92 Å². The van der Waals surface area contributed by atoms with Gasteiger partial charge < -0.3 is 15.0 Å². The number of ether oxygens (including phenoxy) is 1. The fourth-order valence-corrected chi connectivity index (χ4v) is 3.05. The van der Waals surface area contributed by atoms with Gasteiger partial charge in [0, 0.05) is 38.9 Å². The van der Waals surface area contributed by atoms with Gasteiger partial charge in [-0.25, -0.2) is 0 Å². The van der Waals surface area contributed by atoms with Crippen molar-refractivity contribution in [1.82, 2.24) is 10.2 Å². The van der Waals surface area contributed by atoms with Crippen molar-refractivity contribution in [2.24, 2.45) is 5.92 Å². The summed E-state index contributed by atoms with van der Waals surface area (Å²) in [5.41, 5.74) is 0. The van der Waals surface area contributed by atoms with Gasteiger partial charge >= 0.3 is 0 Å². The summed E-state index contributed by atoms with van der Waals surface area (Å²) in [6.07, 6.45) is 8.14. The summed E-state index contributed by atoms with van der Waals surface area (Å²) in [5, 5.41) is 3.68. The van der Waals surface area contributed by atoms with Gasteiger partial charge in [-0.1, -0.05) is 12.8 Å². The Kier molecular flexibility index (Phi) is 5.75. The van der Waals surface area contributed by atoms with E-state index in [1.807, 2.05) is 0 Å². The summed E-state index contributed by atoms with van der Waals surface area (Å²) in [4.78, 5) is 2.48. The number of hydrogen-bond donors (Lipinski definition) is 1. The van der Waals surface area contributed by atoms with Crippen LogP contribution in [0.2, 0.25) is 0 Å². The van der Waals surface area contributed by atoms with Crippen LogP contribution in [0.25, 0.3) is 0 Å². The second kappa shape index (κ2) is 7.34. The van der Waals surface area contributed by atoms with Crippen LogP contribution in [0.1, 0.15) is 38.5 Å². The van der Waals surface area contributed by atoms with Gasteiger partial charge in [0.05, 0.1) is 0 Å². The van der Waals surface area contributed by atoms with Gasteiger partial charge in [-0.2, -0.15) is 0 Å². The average Bonchev–Trinajstić information content (AvgIpc) is 2.83. The van der Waals surface area contributed by atoms with Crippen LogP contribution in [0.15, 0.2) is 0 Å². The molecule has 0 radical (unpaired) electrons. The Balaban J connectivity index is 1.52. The summed E-state index contributed by atoms with van der Waals surface area (Å²) >= 11 is 0. The molecule has 0 atom stereocenters. The molecule has 0 aromatic heterocycles. The average molecular weight is 240 g/mol. The van der Waals surface area contributed by atoms with E-state index >= 15 is 0 Å². The quantitative estimate of drug-likeness (QED) is 0.767. The van der Waals surface area contributed by atoms with Crippen molar-refractivity contribution >= 4 is 0 Å². The first kappa shape index (κ1) is 13.3. The number of likely N-dealkylation sites (N-methyl/N-ethyl adjacent to an activating group) is 1. The van der Waals surface area contributed by atoms with E-state index in [0.717, 1.165) is 31.7 Å². The van der Waals surface area contributed by atoms with Crippen molar-refractivity contribution in [3.8, 4) is 0 Å². The summed E-state index contributed by atoms with van der Waals surface area (Å²) in [5.74, 6) is 0.861. The minimum Gasteiger partial charge on any atom is -0.381 e. The second-order valence-corrected chi connectivity index (χ2v) is 5.75. The Labute approximate surface area is 106 Å². The first-order valence-corrected chi connectivity index (χ1v) is 7.34. The molecule has 0 spiro atoms. The van der Waals surface area contributed by atoms with Crippen molar-refractivity contribution in [2.75, 3.05) is 39.9 Å². The van der Waals surface area contributed by atoms with Gasteiger partial charge in [-0.3, -0.25) is 0 Å². The highest BCUT2D eigenvalue weighted by molar-refractivity contribution is 4.74. The molecule has 2 fully saturated rings. The zero-order valence-electron chi connectivity index (χ0n) is 11.3. The largest absolute Gasteiger partial charge is 0.381 e. The summed E-state index contributed by atoms with van der Waals surface area (Å²) in [6.45, 7) is 5.53. The normalized spacial score (nSPS) is 23.6. The molecule has 100 valence electrons. The predicted octanol–water partition coefficient (Wildman–Crippen LogP) is 1.88. The molecule has 1 N–H and O–H groups in total. The van der Waals surface area contributed by atoms with Gasteiger partial charge in [0.25, 0.3) is 0 Å². The zero-order chi connectivity index (χ0) is 11.9. The molecule has 2 rings (SSSR count). The van der Waals surface area contributed by atoms with Crippen molar-refractivity contribution in [3.05, 3.63) is 0 Å². The lowest BCUT2D eigenvalue weighted by Gasteiger charge is -2.27. The number of nitrogens with one attached hydrogen (secondary N) is 1. The minimum atomic E-state index is 0.812. The fourth-order valence-electron chi connectivity index (χ4n) is 3.05. The SMILES string of the molecule is CN(CCNC1CCCC1)CC1CCOCC1. The molecule has 2 aliphatic rings. The van der Waals surface area contributed by atoms with Crippen LogP contribution >= 0.6 is 0 Å². The fraction of sp³-hybridized carbons (Fsp3) is 1.00. The predicted molar refractivity (Wildman–Crippen MR) is 71.3 cm³/mol. The molecule has 1 aliphatic heterocycles. The molecule has 3 heteroatoms. The summed E-state index contributed by atoms with van der Waals surface area (Å²) < 4.78 is 5.40.